The minimum atomic E-state index is 0.473. The number of aromatic nitrogens is 1. The second-order valence-electron chi connectivity index (χ2n) is 5.57. The number of hydrogen-bond donors (Lipinski definition) is 1. The molecule has 4 heteroatoms. The SMILES string of the molecule is Clc1cc(NC2CCCN(Cc3ccccc3)C2)ccn1. The van der Waals surface area contributed by atoms with Crippen LogP contribution in [0.4, 0.5) is 5.69 Å². The van der Waals surface area contributed by atoms with Gasteiger partial charge in [-0.25, -0.2) is 4.98 Å². The quantitative estimate of drug-likeness (QED) is 0.870. The summed E-state index contributed by atoms with van der Waals surface area (Å²) in [5.74, 6) is 0. The minimum Gasteiger partial charge on any atom is -0.381 e. The highest BCUT2D eigenvalue weighted by Gasteiger charge is 2.19. The standard InChI is InChI=1S/C17H20ClN3/c18-17-11-15(8-9-19-17)20-16-7-4-10-21(13-16)12-14-5-2-1-3-6-14/h1-3,5-6,8-9,11,16H,4,7,10,12-13H2,(H,19,20). The molecule has 1 fully saturated rings. The zero-order chi connectivity index (χ0) is 14.5. The van der Waals surface area contributed by atoms with Crippen molar-refractivity contribution in [3.8, 4) is 0 Å². The highest BCUT2D eigenvalue weighted by molar-refractivity contribution is 6.29. The average molecular weight is 302 g/mol. The Bertz CT molecular complexity index is 573. The smallest absolute Gasteiger partial charge is 0.131 e. The number of benzene rings is 1. The molecule has 1 saturated heterocycles. The number of nitrogens with zero attached hydrogens (tertiary/aromatic N) is 2. The molecule has 3 rings (SSSR count). The highest BCUT2D eigenvalue weighted by Crippen LogP contribution is 2.19. The number of pyridine rings is 1. The van der Waals surface area contributed by atoms with Crippen LogP contribution in [0.5, 0.6) is 0 Å². The molecule has 0 radical (unpaired) electrons. The van der Waals surface area contributed by atoms with Gasteiger partial charge in [-0.15, -0.1) is 0 Å². The molecule has 0 bridgehead atoms. The van der Waals surface area contributed by atoms with Gasteiger partial charge in [0.2, 0.25) is 0 Å². The fourth-order valence-corrected chi connectivity index (χ4v) is 3.06. The minimum absolute atomic E-state index is 0.473. The lowest BCUT2D eigenvalue weighted by Crippen LogP contribution is -2.41. The van der Waals surface area contributed by atoms with E-state index in [9.17, 15) is 0 Å². The van der Waals surface area contributed by atoms with Crippen molar-refractivity contribution in [2.75, 3.05) is 18.4 Å². The molecule has 1 aliphatic heterocycles. The maximum atomic E-state index is 5.94. The Morgan fingerprint density at radius 1 is 1.24 bits per heavy atom. The molecule has 21 heavy (non-hydrogen) atoms. The van der Waals surface area contributed by atoms with E-state index >= 15 is 0 Å². The molecule has 1 N–H and O–H groups in total. The van der Waals surface area contributed by atoms with E-state index in [1.54, 1.807) is 6.20 Å². The Labute approximate surface area is 131 Å². The summed E-state index contributed by atoms with van der Waals surface area (Å²) in [5.41, 5.74) is 2.44. The molecule has 1 aromatic carbocycles. The van der Waals surface area contributed by atoms with E-state index in [1.165, 1.54) is 24.9 Å². The largest absolute Gasteiger partial charge is 0.381 e. The Morgan fingerprint density at radius 3 is 2.90 bits per heavy atom. The summed E-state index contributed by atoms with van der Waals surface area (Å²) in [5, 5.41) is 4.11. The molecule has 0 spiro atoms. The summed E-state index contributed by atoms with van der Waals surface area (Å²) in [6, 6.07) is 15.0. The monoisotopic (exact) mass is 301 g/mol. The molecule has 0 amide bonds. The van der Waals surface area contributed by atoms with E-state index in [4.69, 9.17) is 11.6 Å². The number of piperidine rings is 1. The summed E-state index contributed by atoms with van der Waals surface area (Å²) < 4.78 is 0. The third-order valence-electron chi connectivity index (χ3n) is 3.85. The van der Waals surface area contributed by atoms with Crippen LogP contribution >= 0.6 is 11.6 Å². The second-order valence-corrected chi connectivity index (χ2v) is 5.96. The Balaban J connectivity index is 1.58. The second kappa shape index (κ2) is 6.92. The molecule has 1 aromatic heterocycles. The maximum Gasteiger partial charge on any atom is 0.131 e. The molecular weight excluding hydrogens is 282 g/mol. The van der Waals surface area contributed by atoms with Crippen LogP contribution in [0.1, 0.15) is 18.4 Å². The van der Waals surface area contributed by atoms with Crippen LogP contribution in [0.2, 0.25) is 5.15 Å². The van der Waals surface area contributed by atoms with Gasteiger partial charge in [-0.1, -0.05) is 41.9 Å². The van der Waals surface area contributed by atoms with Gasteiger partial charge in [-0.2, -0.15) is 0 Å². The van der Waals surface area contributed by atoms with Gasteiger partial charge in [-0.3, -0.25) is 4.90 Å². The Kier molecular flexibility index (Phi) is 4.73. The maximum absolute atomic E-state index is 5.94. The van der Waals surface area contributed by atoms with Crippen molar-refractivity contribution >= 4 is 17.3 Å². The molecule has 1 atom stereocenters. The number of hydrogen-bond acceptors (Lipinski definition) is 3. The molecule has 0 saturated carbocycles. The fourth-order valence-electron chi connectivity index (χ4n) is 2.89. The van der Waals surface area contributed by atoms with E-state index in [0.717, 1.165) is 18.8 Å². The lowest BCUT2D eigenvalue weighted by atomic mass is 10.0. The Morgan fingerprint density at radius 2 is 2.10 bits per heavy atom. The van der Waals surface area contributed by atoms with Crippen molar-refractivity contribution in [1.29, 1.82) is 0 Å². The van der Waals surface area contributed by atoms with Crippen molar-refractivity contribution in [2.24, 2.45) is 0 Å². The van der Waals surface area contributed by atoms with Crippen molar-refractivity contribution in [3.63, 3.8) is 0 Å². The zero-order valence-electron chi connectivity index (χ0n) is 12.0. The molecule has 2 aromatic rings. The van der Waals surface area contributed by atoms with Crippen molar-refractivity contribution < 1.29 is 0 Å². The molecule has 2 heterocycles. The predicted octanol–water partition coefficient (Wildman–Crippen LogP) is 3.81. The third-order valence-corrected chi connectivity index (χ3v) is 4.06. The van der Waals surface area contributed by atoms with E-state index in [2.05, 4.69) is 45.5 Å². The van der Waals surface area contributed by atoms with Gasteiger partial charge in [0.1, 0.15) is 5.15 Å². The van der Waals surface area contributed by atoms with Gasteiger partial charge >= 0.3 is 0 Å². The van der Waals surface area contributed by atoms with Crippen LogP contribution in [0.25, 0.3) is 0 Å². The van der Waals surface area contributed by atoms with E-state index < -0.39 is 0 Å². The van der Waals surface area contributed by atoms with E-state index in [1.807, 2.05) is 12.1 Å². The van der Waals surface area contributed by atoms with Gasteiger partial charge in [-0.05, 0) is 37.1 Å². The fraction of sp³-hybridized carbons (Fsp3) is 0.353. The lowest BCUT2D eigenvalue weighted by Gasteiger charge is -2.33. The van der Waals surface area contributed by atoms with Gasteiger partial charge in [0.05, 0.1) is 0 Å². The highest BCUT2D eigenvalue weighted by atomic mass is 35.5. The summed E-state index contributed by atoms with van der Waals surface area (Å²) in [6.07, 6.45) is 4.17. The number of likely N-dealkylation sites (tertiary alicyclic amines) is 1. The first kappa shape index (κ1) is 14.4. The number of anilines is 1. The Hall–Kier alpha value is -1.58. The molecule has 110 valence electrons. The van der Waals surface area contributed by atoms with E-state index in [0.29, 0.717) is 11.2 Å². The van der Waals surface area contributed by atoms with Gasteiger partial charge in [0, 0.05) is 31.0 Å². The van der Waals surface area contributed by atoms with E-state index in [-0.39, 0.29) is 0 Å². The molecular formula is C17H20ClN3. The summed E-state index contributed by atoms with van der Waals surface area (Å²) in [6.45, 7) is 3.26. The third kappa shape index (κ3) is 4.19. The van der Waals surface area contributed by atoms with Crippen molar-refractivity contribution in [3.05, 3.63) is 59.4 Å². The summed E-state index contributed by atoms with van der Waals surface area (Å²) in [7, 11) is 0. The lowest BCUT2D eigenvalue weighted by molar-refractivity contribution is 0.208. The first-order valence-corrected chi connectivity index (χ1v) is 7.82. The summed E-state index contributed by atoms with van der Waals surface area (Å²) >= 11 is 5.94. The number of halogens is 1. The number of nitrogens with one attached hydrogen (secondary N) is 1. The van der Waals surface area contributed by atoms with Crippen molar-refractivity contribution in [2.45, 2.75) is 25.4 Å². The van der Waals surface area contributed by atoms with Crippen LogP contribution in [-0.4, -0.2) is 29.0 Å². The van der Waals surface area contributed by atoms with Crippen LogP contribution in [-0.2, 0) is 6.54 Å². The molecule has 1 aliphatic rings. The van der Waals surface area contributed by atoms with Crippen LogP contribution < -0.4 is 5.32 Å². The molecule has 0 aliphatic carbocycles. The molecule has 3 nitrogen and oxygen atoms in total. The predicted molar refractivity (Wildman–Crippen MR) is 87.6 cm³/mol. The first-order chi connectivity index (χ1) is 10.3. The molecule has 1 unspecified atom stereocenters. The topological polar surface area (TPSA) is 28.2 Å². The normalized spacial score (nSPS) is 19.4. The first-order valence-electron chi connectivity index (χ1n) is 7.44. The number of rotatable bonds is 4. The van der Waals surface area contributed by atoms with Crippen LogP contribution in [0, 0.1) is 0 Å². The van der Waals surface area contributed by atoms with Crippen molar-refractivity contribution in [1.82, 2.24) is 9.88 Å². The van der Waals surface area contributed by atoms with Crippen LogP contribution in [0.15, 0.2) is 48.7 Å². The van der Waals surface area contributed by atoms with Gasteiger partial charge in [0.15, 0.2) is 0 Å². The summed E-state index contributed by atoms with van der Waals surface area (Å²) in [4.78, 5) is 6.53. The average Bonchev–Trinajstić information content (AvgIpc) is 2.49. The van der Waals surface area contributed by atoms with Gasteiger partial charge in [0.25, 0.3) is 0 Å². The zero-order valence-corrected chi connectivity index (χ0v) is 12.8. The van der Waals surface area contributed by atoms with Gasteiger partial charge < -0.3 is 5.32 Å². The van der Waals surface area contributed by atoms with Crippen LogP contribution in [0.3, 0.4) is 0 Å².